The zero-order valence-electron chi connectivity index (χ0n) is 11.8. The van der Waals surface area contributed by atoms with Crippen LogP contribution in [0.2, 0.25) is 0 Å². The van der Waals surface area contributed by atoms with Gasteiger partial charge in [-0.05, 0) is 42.3 Å². The number of hydrogen-bond acceptors (Lipinski definition) is 2. The summed E-state index contributed by atoms with van der Waals surface area (Å²) in [6.07, 6.45) is 3.42. The minimum Gasteiger partial charge on any atom is -0.347 e. The van der Waals surface area contributed by atoms with Crippen molar-refractivity contribution in [1.29, 1.82) is 0 Å². The van der Waals surface area contributed by atoms with Gasteiger partial charge in [-0.3, -0.25) is 4.79 Å². The maximum atomic E-state index is 13.1. The lowest BCUT2D eigenvalue weighted by atomic mass is 10.2. The summed E-state index contributed by atoms with van der Waals surface area (Å²) in [7, 11) is 0. The molecule has 0 radical (unpaired) electrons. The Balaban J connectivity index is 1.75. The molecule has 1 aromatic carbocycles. The van der Waals surface area contributed by atoms with Crippen molar-refractivity contribution in [3.63, 3.8) is 0 Å². The number of halogens is 2. The standard InChI is InChI=1S/C16H13F2N3O/c1-10-2-3-21-9-14(20-15(21)4-10)16(22)19-8-11-5-12(17)7-13(18)6-11/h2-7,9H,8H2,1H3,(H,19,22). The SMILES string of the molecule is Cc1ccn2cc(C(=O)NCc3cc(F)cc(F)c3)nc2c1. The fourth-order valence-electron chi connectivity index (χ4n) is 2.18. The Morgan fingerprint density at radius 1 is 1.23 bits per heavy atom. The number of benzene rings is 1. The summed E-state index contributed by atoms with van der Waals surface area (Å²) in [5.74, 6) is -1.74. The third-order valence-corrected chi connectivity index (χ3v) is 3.22. The van der Waals surface area contributed by atoms with Crippen LogP contribution in [0.15, 0.2) is 42.7 Å². The van der Waals surface area contributed by atoms with Gasteiger partial charge in [0.05, 0.1) is 0 Å². The lowest BCUT2D eigenvalue weighted by Gasteiger charge is -2.04. The van der Waals surface area contributed by atoms with Crippen molar-refractivity contribution in [3.8, 4) is 0 Å². The van der Waals surface area contributed by atoms with Crippen LogP contribution in [0, 0.1) is 18.6 Å². The highest BCUT2D eigenvalue weighted by Gasteiger charge is 2.11. The molecule has 0 bridgehead atoms. The first-order chi connectivity index (χ1) is 10.5. The van der Waals surface area contributed by atoms with Crippen molar-refractivity contribution < 1.29 is 13.6 Å². The van der Waals surface area contributed by atoms with E-state index < -0.39 is 17.5 Å². The van der Waals surface area contributed by atoms with Crippen LogP contribution in [0.1, 0.15) is 21.6 Å². The third-order valence-electron chi connectivity index (χ3n) is 3.22. The Hall–Kier alpha value is -2.76. The van der Waals surface area contributed by atoms with Crippen molar-refractivity contribution in [2.45, 2.75) is 13.5 Å². The molecular weight excluding hydrogens is 288 g/mol. The topological polar surface area (TPSA) is 46.4 Å². The van der Waals surface area contributed by atoms with Gasteiger partial charge in [0.2, 0.25) is 0 Å². The Kier molecular flexibility index (Phi) is 3.58. The second-order valence-electron chi connectivity index (χ2n) is 5.06. The number of imidazole rings is 1. The molecule has 0 aliphatic heterocycles. The van der Waals surface area contributed by atoms with Crippen molar-refractivity contribution in [1.82, 2.24) is 14.7 Å². The van der Waals surface area contributed by atoms with Gasteiger partial charge in [0.15, 0.2) is 0 Å². The van der Waals surface area contributed by atoms with E-state index in [1.165, 1.54) is 12.1 Å². The van der Waals surface area contributed by atoms with Crippen LogP contribution in [-0.4, -0.2) is 15.3 Å². The van der Waals surface area contributed by atoms with Gasteiger partial charge >= 0.3 is 0 Å². The van der Waals surface area contributed by atoms with Crippen LogP contribution in [0.3, 0.4) is 0 Å². The number of hydrogen-bond donors (Lipinski definition) is 1. The molecule has 1 amide bonds. The predicted molar refractivity (Wildman–Crippen MR) is 77.5 cm³/mol. The Morgan fingerprint density at radius 2 is 1.95 bits per heavy atom. The molecule has 2 heterocycles. The minimum absolute atomic E-state index is 0.0282. The van der Waals surface area contributed by atoms with Crippen LogP contribution >= 0.6 is 0 Å². The highest BCUT2D eigenvalue weighted by Crippen LogP contribution is 2.10. The van der Waals surface area contributed by atoms with Crippen LogP contribution in [0.5, 0.6) is 0 Å². The van der Waals surface area contributed by atoms with Gasteiger partial charge in [-0.2, -0.15) is 0 Å². The van der Waals surface area contributed by atoms with Gasteiger partial charge in [-0.1, -0.05) is 0 Å². The first-order valence-electron chi connectivity index (χ1n) is 6.70. The number of nitrogens with zero attached hydrogens (tertiary/aromatic N) is 2. The largest absolute Gasteiger partial charge is 0.347 e. The van der Waals surface area contributed by atoms with E-state index in [9.17, 15) is 13.6 Å². The molecule has 6 heteroatoms. The number of aryl methyl sites for hydroxylation is 1. The molecule has 0 saturated carbocycles. The second kappa shape index (κ2) is 5.55. The van der Waals surface area contributed by atoms with Crippen molar-refractivity contribution in [2.75, 3.05) is 0 Å². The molecule has 1 N–H and O–H groups in total. The molecule has 4 nitrogen and oxygen atoms in total. The molecule has 0 aliphatic rings. The minimum atomic E-state index is -0.674. The smallest absolute Gasteiger partial charge is 0.271 e. The van der Waals surface area contributed by atoms with Gasteiger partial charge in [0.1, 0.15) is 23.0 Å². The molecular formula is C16H13F2N3O. The molecule has 3 aromatic rings. The van der Waals surface area contributed by atoms with Gasteiger partial charge in [-0.15, -0.1) is 0 Å². The zero-order chi connectivity index (χ0) is 15.7. The molecule has 22 heavy (non-hydrogen) atoms. The molecule has 3 rings (SSSR count). The Morgan fingerprint density at radius 3 is 2.68 bits per heavy atom. The summed E-state index contributed by atoms with van der Waals surface area (Å²) >= 11 is 0. The summed E-state index contributed by atoms with van der Waals surface area (Å²) < 4.78 is 27.9. The van der Waals surface area contributed by atoms with E-state index in [0.717, 1.165) is 11.6 Å². The second-order valence-corrected chi connectivity index (χ2v) is 5.06. The normalized spacial score (nSPS) is 10.9. The summed E-state index contributed by atoms with van der Waals surface area (Å²) in [5.41, 5.74) is 2.31. The van der Waals surface area contributed by atoms with E-state index in [0.29, 0.717) is 11.2 Å². The van der Waals surface area contributed by atoms with Crippen LogP contribution in [-0.2, 0) is 6.54 Å². The van der Waals surface area contributed by atoms with Gasteiger partial charge in [0, 0.05) is 25.0 Å². The number of aromatic nitrogens is 2. The molecule has 0 fully saturated rings. The van der Waals surface area contributed by atoms with Crippen LogP contribution in [0.4, 0.5) is 8.78 Å². The van der Waals surface area contributed by atoms with Crippen molar-refractivity contribution in [3.05, 3.63) is 71.2 Å². The lowest BCUT2D eigenvalue weighted by Crippen LogP contribution is -2.23. The quantitative estimate of drug-likeness (QED) is 0.808. The van der Waals surface area contributed by atoms with E-state index in [1.807, 2.05) is 25.3 Å². The molecule has 0 saturated heterocycles. The summed E-state index contributed by atoms with van der Waals surface area (Å²) in [4.78, 5) is 16.3. The zero-order valence-corrected chi connectivity index (χ0v) is 11.8. The number of nitrogens with one attached hydrogen (secondary N) is 1. The Bertz CT molecular complexity index is 837. The maximum Gasteiger partial charge on any atom is 0.271 e. The number of carbonyl (C=O) groups excluding carboxylic acids is 1. The Labute approximate surface area is 125 Å². The summed E-state index contributed by atoms with van der Waals surface area (Å²) in [6, 6.07) is 6.91. The highest BCUT2D eigenvalue weighted by molar-refractivity contribution is 5.92. The first kappa shape index (κ1) is 14.2. The lowest BCUT2D eigenvalue weighted by molar-refractivity contribution is 0.0946. The average Bonchev–Trinajstić information content (AvgIpc) is 2.86. The fourth-order valence-corrected chi connectivity index (χ4v) is 2.18. The van der Waals surface area contributed by atoms with E-state index in [-0.39, 0.29) is 12.2 Å². The molecule has 0 atom stereocenters. The molecule has 0 spiro atoms. The van der Waals surface area contributed by atoms with E-state index in [4.69, 9.17) is 0 Å². The number of fused-ring (bicyclic) bond motifs is 1. The van der Waals surface area contributed by atoms with E-state index in [1.54, 1.807) is 10.6 Å². The van der Waals surface area contributed by atoms with Gasteiger partial charge < -0.3 is 9.72 Å². The van der Waals surface area contributed by atoms with Gasteiger partial charge in [0.25, 0.3) is 5.91 Å². The van der Waals surface area contributed by atoms with Crippen molar-refractivity contribution in [2.24, 2.45) is 0 Å². The van der Waals surface area contributed by atoms with E-state index in [2.05, 4.69) is 10.3 Å². The number of amides is 1. The number of rotatable bonds is 3. The molecule has 0 unspecified atom stereocenters. The van der Waals surface area contributed by atoms with Crippen LogP contribution in [0.25, 0.3) is 5.65 Å². The van der Waals surface area contributed by atoms with E-state index >= 15 is 0 Å². The fraction of sp³-hybridized carbons (Fsp3) is 0.125. The highest BCUT2D eigenvalue weighted by atomic mass is 19.1. The molecule has 0 aliphatic carbocycles. The third kappa shape index (κ3) is 2.95. The number of pyridine rings is 1. The van der Waals surface area contributed by atoms with Crippen LogP contribution < -0.4 is 5.32 Å². The number of carbonyl (C=O) groups is 1. The summed E-state index contributed by atoms with van der Waals surface area (Å²) in [6.45, 7) is 1.97. The maximum absolute atomic E-state index is 13.1. The molecule has 112 valence electrons. The van der Waals surface area contributed by atoms with Crippen molar-refractivity contribution >= 4 is 11.6 Å². The predicted octanol–water partition coefficient (Wildman–Crippen LogP) is 2.85. The molecule has 2 aromatic heterocycles. The first-order valence-corrected chi connectivity index (χ1v) is 6.70. The summed E-state index contributed by atoms with van der Waals surface area (Å²) in [5, 5.41) is 2.60. The van der Waals surface area contributed by atoms with Gasteiger partial charge in [-0.25, -0.2) is 13.8 Å². The monoisotopic (exact) mass is 301 g/mol. The average molecular weight is 301 g/mol.